The monoisotopic (exact) mass is 365 g/mol. The molecule has 8 nitrogen and oxygen atoms in total. The van der Waals surface area contributed by atoms with Gasteiger partial charge in [0.05, 0.1) is 17.8 Å². The fourth-order valence-electron chi connectivity index (χ4n) is 3.13. The summed E-state index contributed by atoms with van der Waals surface area (Å²) in [6.07, 6.45) is 0. The fraction of sp³-hybridized carbons (Fsp3) is 0.263. The Balaban J connectivity index is 1.63. The third-order valence-electron chi connectivity index (χ3n) is 4.45. The Morgan fingerprint density at radius 1 is 1.19 bits per heavy atom. The van der Waals surface area contributed by atoms with Crippen molar-refractivity contribution in [2.75, 3.05) is 6.54 Å². The number of hydrogen-bond acceptors (Lipinski definition) is 5. The van der Waals surface area contributed by atoms with Gasteiger partial charge in [-0.05, 0) is 49.4 Å². The van der Waals surface area contributed by atoms with E-state index >= 15 is 0 Å². The van der Waals surface area contributed by atoms with Crippen molar-refractivity contribution in [1.29, 1.82) is 0 Å². The van der Waals surface area contributed by atoms with Gasteiger partial charge in [0.1, 0.15) is 0 Å². The van der Waals surface area contributed by atoms with E-state index in [1.807, 2.05) is 38.1 Å². The third kappa shape index (κ3) is 2.99. The Morgan fingerprint density at radius 2 is 2.00 bits per heavy atom. The summed E-state index contributed by atoms with van der Waals surface area (Å²) < 4.78 is 7.92. The SMILES string of the molecule is Cc1ccc2cc(C)c3nn(CCNC(=O)c4cc(C)no4)c(=O)n3c2c1. The van der Waals surface area contributed by atoms with E-state index in [1.54, 1.807) is 17.4 Å². The predicted octanol–water partition coefficient (Wildman–Crippen LogP) is 1.99. The normalized spacial score (nSPS) is 11.4. The molecule has 0 atom stereocenters. The van der Waals surface area contributed by atoms with E-state index in [9.17, 15) is 9.59 Å². The van der Waals surface area contributed by atoms with Crippen molar-refractivity contribution in [3.8, 4) is 0 Å². The van der Waals surface area contributed by atoms with E-state index in [0.717, 1.165) is 22.0 Å². The van der Waals surface area contributed by atoms with Crippen molar-refractivity contribution in [3.63, 3.8) is 0 Å². The van der Waals surface area contributed by atoms with Crippen LogP contribution in [0.3, 0.4) is 0 Å². The Kier molecular flexibility index (Phi) is 4.02. The number of pyridine rings is 1. The van der Waals surface area contributed by atoms with Gasteiger partial charge in [0.25, 0.3) is 5.91 Å². The average Bonchev–Trinajstić information content (AvgIpc) is 3.20. The molecule has 0 aliphatic rings. The lowest BCUT2D eigenvalue weighted by molar-refractivity contribution is 0.0915. The Morgan fingerprint density at radius 3 is 2.74 bits per heavy atom. The molecule has 1 amide bonds. The first kappa shape index (κ1) is 17.0. The molecule has 0 bridgehead atoms. The highest BCUT2D eigenvalue weighted by Gasteiger charge is 2.14. The molecule has 0 radical (unpaired) electrons. The molecule has 0 saturated heterocycles. The predicted molar refractivity (Wildman–Crippen MR) is 100 cm³/mol. The third-order valence-corrected chi connectivity index (χ3v) is 4.45. The lowest BCUT2D eigenvalue weighted by Crippen LogP contribution is -2.31. The van der Waals surface area contributed by atoms with Crippen LogP contribution in [0.5, 0.6) is 0 Å². The van der Waals surface area contributed by atoms with Crippen molar-refractivity contribution in [1.82, 2.24) is 24.7 Å². The van der Waals surface area contributed by atoms with Gasteiger partial charge in [-0.15, -0.1) is 5.10 Å². The van der Waals surface area contributed by atoms with E-state index in [2.05, 4.69) is 15.6 Å². The van der Waals surface area contributed by atoms with Crippen molar-refractivity contribution in [3.05, 3.63) is 63.4 Å². The summed E-state index contributed by atoms with van der Waals surface area (Å²) in [5.41, 5.74) is 3.84. The van der Waals surface area contributed by atoms with Crippen LogP contribution in [0.25, 0.3) is 16.6 Å². The Labute approximate surface area is 154 Å². The number of benzene rings is 1. The second-order valence-electron chi connectivity index (χ2n) is 6.64. The van der Waals surface area contributed by atoms with Crippen LogP contribution in [0.1, 0.15) is 27.4 Å². The molecule has 0 aliphatic heterocycles. The molecule has 3 aromatic heterocycles. The largest absolute Gasteiger partial charge is 0.351 e. The zero-order chi connectivity index (χ0) is 19.1. The molecule has 0 unspecified atom stereocenters. The molecular weight excluding hydrogens is 346 g/mol. The van der Waals surface area contributed by atoms with Gasteiger partial charge in [-0.3, -0.25) is 4.79 Å². The number of fused-ring (bicyclic) bond motifs is 3. The van der Waals surface area contributed by atoms with Gasteiger partial charge in [0.2, 0.25) is 5.76 Å². The fourth-order valence-corrected chi connectivity index (χ4v) is 3.13. The van der Waals surface area contributed by atoms with Gasteiger partial charge in [-0.1, -0.05) is 17.3 Å². The van der Waals surface area contributed by atoms with Crippen LogP contribution in [0.15, 0.2) is 39.6 Å². The lowest BCUT2D eigenvalue weighted by Gasteiger charge is -2.04. The van der Waals surface area contributed by atoms with Crippen LogP contribution in [0.2, 0.25) is 0 Å². The lowest BCUT2D eigenvalue weighted by atomic mass is 10.1. The van der Waals surface area contributed by atoms with Crippen LogP contribution in [-0.2, 0) is 6.54 Å². The number of nitrogens with one attached hydrogen (secondary N) is 1. The molecule has 3 heterocycles. The molecule has 1 aromatic carbocycles. The zero-order valence-electron chi connectivity index (χ0n) is 15.3. The summed E-state index contributed by atoms with van der Waals surface area (Å²) >= 11 is 0. The van der Waals surface area contributed by atoms with Gasteiger partial charge in [-0.25, -0.2) is 13.9 Å². The molecule has 0 saturated carbocycles. The molecule has 1 N–H and O–H groups in total. The standard InChI is InChI=1S/C19H19N5O3/c1-11-4-5-14-9-12(2)17-21-23(19(26)24(17)15(14)8-11)7-6-20-18(25)16-10-13(3)22-27-16/h4-5,8-10H,6-7H2,1-3H3,(H,20,25). The summed E-state index contributed by atoms with van der Waals surface area (Å²) in [6, 6.07) is 9.58. The summed E-state index contributed by atoms with van der Waals surface area (Å²) in [6.45, 7) is 6.16. The smallest absolute Gasteiger partial charge is 0.350 e. The average molecular weight is 365 g/mol. The number of aromatic nitrogens is 4. The highest BCUT2D eigenvalue weighted by atomic mass is 16.5. The summed E-state index contributed by atoms with van der Waals surface area (Å²) in [5, 5.41) is 11.8. The number of carbonyl (C=O) groups is 1. The molecule has 138 valence electrons. The van der Waals surface area contributed by atoms with E-state index in [0.29, 0.717) is 11.3 Å². The van der Waals surface area contributed by atoms with Crippen molar-refractivity contribution >= 4 is 22.5 Å². The minimum absolute atomic E-state index is 0.146. The van der Waals surface area contributed by atoms with Gasteiger partial charge < -0.3 is 9.84 Å². The Hall–Kier alpha value is -3.42. The molecule has 4 aromatic rings. The Bertz CT molecular complexity index is 1230. The van der Waals surface area contributed by atoms with Crippen LogP contribution in [0, 0.1) is 20.8 Å². The molecule has 0 spiro atoms. The van der Waals surface area contributed by atoms with Gasteiger partial charge in [-0.2, -0.15) is 0 Å². The first-order valence-corrected chi connectivity index (χ1v) is 8.65. The van der Waals surface area contributed by atoms with E-state index in [-0.39, 0.29) is 30.4 Å². The number of hydrogen-bond donors (Lipinski definition) is 1. The van der Waals surface area contributed by atoms with Crippen molar-refractivity contribution < 1.29 is 9.32 Å². The quantitative estimate of drug-likeness (QED) is 0.597. The van der Waals surface area contributed by atoms with E-state index in [1.165, 1.54) is 4.68 Å². The number of rotatable bonds is 4. The first-order valence-electron chi connectivity index (χ1n) is 8.65. The number of aryl methyl sites for hydroxylation is 3. The minimum atomic E-state index is -0.371. The zero-order valence-corrected chi connectivity index (χ0v) is 15.3. The van der Waals surface area contributed by atoms with Gasteiger partial charge >= 0.3 is 5.69 Å². The summed E-state index contributed by atoms with van der Waals surface area (Å²) in [7, 11) is 0. The van der Waals surface area contributed by atoms with Crippen LogP contribution in [-0.4, -0.2) is 31.8 Å². The second-order valence-corrected chi connectivity index (χ2v) is 6.64. The summed E-state index contributed by atoms with van der Waals surface area (Å²) in [4.78, 5) is 24.9. The number of nitrogens with zero attached hydrogens (tertiary/aromatic N) is 4. The maximum absolute atomic E-state index is 12.9. The van der Waals surface area contributed by atoms with Crippen LogP contribution >= 0.6 is 0 Å². The minimum Gasteiger partial charge on any atom is -0.351 e. The van der Waals surface area contributed by atoms with E-state index in [4.69, 9.17) is 4.52 Å². The van der Waals surface area contributed by atoms with Crippen molar-refractivity contribution in [2.45, 2.75) is 27.3 Å². The molecule has 0 fully saturated rings. The molecule has 8 heteroatoms. The maximum atomic E-state index is 12.9. The van der Waals surface area contributed by atoms with Crippen LogP contribution < -0.4 is 11.0 Å². The molecular formula is C19H19N5O3. The topological polar surface area (TPSA) is 94.4 Å². The highest BCUT2D eigenvalue weighted by Crippen LogP contribution is 2.19. The van der Waals surface area contributed by atoms with Crippen molar-refractivity contribution in [2.24, 2.45) is 0 Å². The van der Waals surface area contributed by atoms with E-state index < -0.39 is 0 Å². The molecule has 0 aliphatic carbocycles. The van der Waals surface area contributed by atoms with Gasteiger partial charge in [0, 0.05) is 12.6 Å². The molecule has 27 heavy (non-hydrogen) atoms. The number of carbonyl (C=O) groups excluding carboxylic acids is 1. The van der Waals surface area contributed by atoms with Gasteiger partial charge in [0.15, 0.2) is 5.65 Å². The number of amides is 1. The highest BCUT2D eigenvalue weighted by molar-refractivity contribution is 5.91. The molecule has 4 rings (SSSR count). The van der Waals surface area contributed by atoms with Crippen LogP contribution in [0.4, 0.5) is 0 Å². The second kappa shape index (κ2) is 6.39. The maximum Gasteiger partial charge on any atom is 0.350 e. The summed E-state index contributed by atoms with van der Waals surface area (Å²) in [5.74, 6) is -0.225. The first-order chi connectivity index (χ1) is 12.9.